The van der Waals surface area contributed by atoms with E-state index >= 15 is 0 Å². The molecule has 0 saturated carbocycles. The van der Waals surface area contributed by atoms with Crippen molar-refractivity contribution in [2.24, 2.45) is 0 Å². The van der Waals surface area contributed by atoms with E-state index in [4.69, 9.17) is 14.5 Å². The summed E-state index contributed by atoms with van der Waals surface area (Å²) in [6.07, 6.45) is 10.2. The first-order valence-corrected chi connectivity index (χ1v) is 12.4. The van der Waals surface area contributed by atoms with Crippen molar-refractivity contribution < 1.29 is 9.47 Å². The van der Waals surface area contributed by atoms with Gasteiger partial charge in [-0.1, -0.05) is 0 Å². The van der Waals surface area contributed by atoms with Crippen molar-refractivity contribution in [2.75, 3.05) is 58.0 Å². The van der Waals surface area contributed by atoms with E-state index in [1.54, 1.807) is 0 Å². The summed E-state index contributed by atoms with van der Waals surface area (Å²) in [6.45, 7) is 7.10. The number of anilines is 1. The van der Waals surface area contributed by atoms with Gasteiger partial charge in [-0.2, -0.15) is 5.10 Å². The number of rotatable bonds is 3. The van der Waals surface area contributed by atoms with E-state index < -0.39 is 0 Å². The van der Waals surface area contributed by atoms with Crippen LogP contribution in [0.3, 0.4) is 0 Å². The Labute approximate surface area is 203 Å². The molecule has 0 spiro atoms. The van der Waals surface area contributed by atoms with Crippen molar-refractivity contribution in [3.63, 3.8) is 0 Å². The summed E-state index contributed by atoms with van der Waals surface area (Å²) in [7, 11) is 2.22. The van der Waals surface area contributed by atoms with Gasteiger partial charge >= 0.3 is 0 Å². The molecule has 0 bridgehead atoms. The quantitative estimate of drug-likeness (QED) is 0.452. The lowest BCUT2D eigenvalue weighted by atomic mass is 10.0. The molecule has 6 heterocycles. The van der Waals surface area contributed by atoms with Crippen LogP contribution in [0.1, 0.15) is 12.8 Å². The van der Waals surface area contributed by atoms with Crippen LogP contribution in [0.4, 0.5) is 5.69 Å². The SMILES string of the molecule is CN1CCN(C2CCN(c3cnc4c(-c5ccnc6cc7c(cc56)OCO7)cnn4c3)CC2)CC1. The van der Waals surface area contributed by atoms with Gasteiger partial charge in [0.05, 0.1) is 29.8 Å². The highest BCUT2D eigenvalue weighted by Crippen LogP contribution is 2.39. The Morgan fingerprint density at radius 2 is 1.69 bits per heavy atom. The standard InChI is InChI=1S/C26H29N7O2/c1-30-8-10-32(11-9-30)18-3-6-31(7-4-18)19-14-28-26-22(15-29-33(26)16-19)20-2-5-27-23-13-25-24(12-21(20)23)34-17-35-25/h2,5,12-16,18H,3-4,6-11,17H2,1H3. The van der Waals surface area contributed by atoms with Crippen LogP contribution in [0.5, 0.6) is 11.5 Å². The second-order valence-electron chi connectivity index (χ2n) is 9.78. The monoisotopic (exact) mass is 471 g/mol. The number of hydrogen-bond acceptors (Lipinski definition) is 8. The molecule has 3 aromatic heterocycles. The molecule has 0 amide bonds. The summed E-state index contributed by atoms with van der Waals surface area (Å²) in [5.41, 5.74) is 4.86. The van der Waals surface area contributed by atoms with E-state index in [0.29, 0.717) is 6.04 Å². The van der Waals surface area contributed by atoms with Crippen molar-refractivity contribution in [1.82, 2.24) is 29.4 Å². The Morgan fingerprint density at radius 3 is 2.51 bits per heavy atom. The van der Waals surface area contributed by atoms with Crippen LogP contribution in [0.15, 0.2) is 43.0 Å². The zero-order valence-corrected chi connectivity index (χ0v) is 19.9. The van der Waals surface area contributed by atoms with Crippen LogP contribution in [0.2, 0.25) is 0 Å². The van der Waals surface area contributed by atoms with E-state index in [1.165, 1.54) is 39.0 Å². The Kier molecular flexibility index (Phi) is 4.99. The number of benzene rings is 1. The first kappa shape index (κ1) is 20.9. The average molecular weight is 472 g/mol. The molecular formula is C26H29N7O2. The van der Waals surface area contributed by atoms with E-state index in [9.17, 15) is 0 Å². The minimum Gasteiger partial charge on any atom is -0.454 e. The van der Waals surface area contributed by atoms with Gasteiger partial charge in [-0.3, -0.25) is 9.88 Å². The molecule has 1 aromatic carbocycles. The van der Waals surface area contributed by atoms with Crippen molar-refractivity contribution in [3.05, 3.63) is 43.0 Å². The molecule has 3 aliphatic rings. The van der Waals surface area contributed by atoms with Gasteiger partial charge in [-0.05, 0) is 37.6 Å². The smallest absolute Gasteiger partial charge is 0.231 e. The maximum Gasteiger partial charge on any atom is 0.231 e. The summed E-state index contributed by atoms with van der Waals surface area (Å²) in [4.78, 5) is 16.9. The lowest BCUT2D eigenvalue weighted by Gasteiger charge is -2.42. The molecule has 3 aliphatic heterocycles. The van der Waals surface area contributed by atoms with Gasteiger partial charge < -0.3 is 19.3 Å². The molecule has 2 fully saturated rings. The zero-order valence-electron chi connectivity index (χ0n) is 19.9. The number of fused-ring (bicyclic) bond motifs is 3. The Bertz CT molecular complexity index is 1390. The highest BCUT2D eigenvalue weighted by atomic mass is 16.7. The van der Waals surface area contributed by atoms with Crippen LogP contribution in [-0.4, -0.2) is 88.5 Å². The maximum absolute atomic E-state index is 5.60. The van der Waals surface area contributed by atoms with Gasteiger partial charge in [-0.15, -0.1) is 0 Å². The Balaban J connectivity index is 1.14. The summed E-state index contributed by atoms with van der Waals surface area (Å²) < 4.78 is 13.0. The lowest BCUT2D eigenvalue weighted by molar-refractivity contribution is 0.0982. The van der Waals surface area contributed by atoms with E-state index in [1.807, 2.05) is 41.3 Å². The number of likely N-dealkylation sites (N-methyl/N-ethyl adjacent to an activating group) is 1. The minimum atomic E-state index is 0.245. The predicted octanol–water partition coefficient (Wildman–Crippen LogP) is 2.89. The van der Waals surface area contributed by atoms with Crippen LogP contribution in [0.25, 0.3) is 27.7 Å². The summed E-state index contributed by atoms with van der Waals surface area (Å²) in [5.74, 6) is 1.49. The normalized spacial score (nSPS) is 19.7. The van der Waals surface area contributed by atoms with Crippen LogP contribution in [-0.2, 0) is 0 Å². The minimum absolute atomic E-state index is 0.245. The molecule has 9 heteroatoms. The lowest BCUT2D eigenvalue weighted by Crippen LogP contribution is -2.52. The fourth-order valence-corrected chi connectivity index (χ4v) is 5.66. The number of piperazine rings is 1. The van der Waals surface area contributed by atoms with Gasteiger partial charge in [0.1, 0.15) is 0 Å². The first-order valence-electron chi connectivity index (χ1n) is 12.4. The summed E-state index contributed by atoms with van der Waals surface area (Å²) >= 11 is 0. The Hall–Kier alpha value is -3.43. The fourth-order valence-electron chi connectivity index (χ4n) is 5.66. The molecule has 180 valence electrons. The third-order valence-electron chi connectivity index (χ3n) is 7.75. The van der Waals surface area contributed by atoms with Gasteiger partial charge in [-0.25, -0.2) is 9.50 Å². The number of ether oxygens (including phenoxy) is 2. The van der Waals surface area contributed by atoms with E-state index in [0.717, 1.165) is 58.0 Å². The molecule has 0 N–H and O–H groups in total. The highest BCUT2D eigenvalue weighted by molar-refractivity contribution is 5.99. The average Bonchev–Trinajstić information content (AvgIpc) is 3.54. The number of aromatic nitrogens is 4. The van der Waals surface area contributed by atoms with Gasteiger partial charge in [0.25, 0.3) is 0 Å². The number of nitrogens with zero attached hydrogens (tertiary/aromatic N) is 7. The second kappa shape index (κ2) is 8.35. The van der Waals surface area contributed by atoms with Crippen molar-refractivity contribution in [1.29, 1.82) is 0 Å². The molecule has 0 atom stereocenters. The number of piperidine rings is 1. The van der Waals surface area contributed by atoms with Crippen LogP contribution >= 0.6 is 0 Å². The van der Waals surface area contributed by atoms with Crippen molar-refractivity contribution >= 4 is 22.2 Å². The molecule has 7 rings (SSSR count). The summed E-state index contributed by atoms with van der Waals surface area (Å²) in [6, 6.07) is 6.65. The van der Waals surface area contributed by atoms with Crippen LogP contribution in [0, 0.1) is 0 Å². The number of hydrogen-bond donors (Lipinski definition) is 0. The fraction of sp³-hybridized carbons (Fsp3) is 0.423. The van der Waals surface area contributed by atoms with E-state index in [2.05, 4.69) is 38.0 Å². The van der Waals surface area contributed by atoms with Crippen molar-refractivity contribution in [3.8, 4) is 22.6 Å². The third-order valence-corrected chi connectivity index (χ3v) is 7.75. The Morgan fingerprint density at radius 1 is 0.886 bits per heavy atom. The molecule has 0 aliphatic carbocycles. The molecule has 9 nitrogen and oxygen atoms in total. The molecular weight excluding hydrogens is 442 g/mol. The maximum atomic E-state index is 5.60. The molecule has 2 saturated heterocycles. The molecule has 4 aromatic rings. The molecule has 0 unspecified atom stereocenters. The molecule has 0 radical (unpaired) electrons. The number of pyridine rings is 1. The van der Waals surface area contributed by atoms with Gasteiger partial charge in [0.15, 0.2) is 17.1 Å². The van der Waals surface area contributed by atoms with Gasteiger partial charge in [0, 0.05) is 68.5 Å². The molecule has 35 heavy (non-hydrogen) atoms. The van der Waals surface area contributed by atoms with E-state index in [-0.39, 0.29) is 6.79 Å². The van der Waals surface area contributed by atoms with Crippen LogP contribution < -0.4 is 14.4 Å². The predicted molar refractivity (Wildman–Crippen MR) is 134 cm³/mol. The van der Waals surface area contributed by atoms with Gasteiger partial charge in [0.2, 0.25) is 6.79 Å². The topological polar surface area (TPSA) is 71.3 Å². The first-order chi connectivity index (χ1) is 17.2. The largest absolute Gasteiger partial charge is 0.454 e. The highest BCUT2D eigenvalue weighted by Gasteiger charge is 2.27. The second-order valence-corrected chi connectivity index (χ2v) is 9.78. The zero-order chi connectivity index (χ0) is 23.4. The third kappa shape index (κ3) is 3.66. The summed E-state index contributed by atoms with van der Waals surface area (Å²) in [5, 5.41) is 5.67. The van der Waals surface area contributed by atoms with Crippen molar-refractivity contribution in [2.45, 2.75) is 18.9 Å².